The van der Waals surface area contributed by atoms with Crippen LogP contribution in [0.15, 0.2) is 0 Å². The van der Waals surface area contributed by atoms with Gasteiger partial charge in [0.05, 0.1) is 5.60 Å². The molecule has 0 spiro atoms. The van der Waals surface area contributed by atoms with E-state index in [1.165, 1.54) is 0 Å². The molecule has 22 heavy (non-hydrogen) atoms. The Bertz CT molecular complexity index is 335. The largest absolute Gasteiger partial charge is 0.444 e. The van der Waals surface area contributed by atoms with Crippen molar-refractivity contribution < 1.29 is 14.3 Å². The second kappa shape index (κ2) is 8.73. The fraction of sp³-hybridized carbons (Fsp3) is 0.941. The van der Waals surface area contributed by atoms with Gasteiger partial charge in [-0.3, -0.25) is 0 Å². The summed E-state index contributed by atoms with van der Waals surface area (Å²) in [6.07, 6.45) is 0.540. The molecule has 5 heteroatoms. The lowest BCUT2D eigenvalue weighted by Crippen LogP contribution is -2.49. The molecule has 1 amide bonds. The van der Waals surface area contributed by atoms with Gasteiger partial charge in [0, 0.05) is 25.7 Å². The Labute approximate surface area is 136 Å². The Morgan fingerprint density at radius 3 is 2.05 bits per heavy atom. The SMILES string of the molecule is COC(C)(C)CC(C)NCC(NC(=O)OC(C)(C)C)C(C)C. The zero-order chi connectivity index (χ0) is 17.6. The van der Waals surface area contributed by atoms with Crippen LogP contribution in [-0.2, 0) is 9.47 Å². The van der Waals surface area contributed by atoms with Gasteiger partial charge in [0.15, 0.2) is 0 Å². The maximum atomic E-state index is 11.9. The molecule has 2 atom stereocenters. The van der Waals surface area contributed by atoms with Crippen LogP contribution in [0, 0.1) is 5.92 Å². The summed E-state index contributed by atoms with van der Waals surface area (Å²) >= 11 is 0. The average molecular weight is 316 g/mol. The molecule has 132 valence electrons. The van der Waals surface area contributed by atoms with Crippen LogP contribution in [-0.4, -0.2) is 43.0 Å². The quantitative estimate of drug-likeness (QED) is 0.721. The highest BCUT2D eigenvalue weighted by Crippen LogP contribution is 2.15. The summed E-state index contributed by atoms with van der Waals surface area (Å²) in [5.41, 5.74) is -0.632. The smallest absolute Gasteiger partial charge is 0.407 e. The van der Waals surface area contributed by atoms with Crippen molar-refractivity contribution in [1.82, 2.24) is 10.6 Å². The van der Waals surface area contributed by atoms with Crippen LogP contribution in [0.25, 0.3) is 0 Å². The summed E-state index contributed by atoms with van der Waals surface area (Å²) in [6, 6.07) is 0.333. The molecule has 0 fully saturated rings. The van der Waals surface area contributed by atoms with E-state index in [1.54, 1.807) is 7.11 Å². The van der Waals surface area contributed by atoms with Crippen LogP contribution in [0.5, 0.6) is 0 Å². The van der Waals surface area contributed by atoms with E-state index in [9.17, 15) is 4.79 Å². The van der Waals surface area contributed by atoms with E-state index in [0.717, 1.165) is 6.42 Å². The van der Waals surface area contributed by atoms with E-state index >= 15 is 0 Å². The molecule has 0 aromatic carbocycles. The molecule has 0 saturated carbocycles. The lowest BCUT2D eigenvalue weighted by Gasteiger charge is -2.30. The number of rotatable bonds is 8. The van der Waals surface area contributed by atoms with E-state index in [1.807, 2.05) is 20.8 Å². The standard InChI is InChI=1S/C17H36N2O3/c1-12(2)14(19-15(20)22-16(4,5)6)11-18-13(3)10-17(7,8)21-9/h12-14,18H,10-11H2,1-9H3,(H,19,20). The van der Waals surface area contributed by atoms with E-state index in [-0.39, 0.29) is 17.7 Å². The third-order valence-corrected chi connectivity index (χ3v) is 3.54. The molecule has 0 heterocycles. The summed E-state index contributed by atoms with van der Waals surface area (Å²) in [4.78, 5) is 11.9. The van der Waals surface area contributed by atoms with Crippen LogP contribution in [0.2, 0.25) is 0 Å². The van der Waals surface area contributed by atoms with Gasteiger partial charge in [-0.2, -0.15) is 0 Å². The van der Waals surface area contributed by atoms with Gasteiger partial charge in [0.2, 0.25) is 0 Å². The van der Waals surface area contributed by atoms with Gasteiger partial charge in [0.1, 0.15) is 5.60 Å². The molecule has 2 N–H and O–H groups in total. The highest BCUT2D eigenvalue weighted by Gasteiger charge is 2.23. The lowest BCUT2D eigenvalue weighted by atomic mass is 9.99. The van der Waals surface area contributed by atoms with Crippen LogP contribution >= 0.6 is 0 Å². The number of carbonyl (C=O) groups is 1. The van der Waals surface area contributed by atoms with Crippen molar-refractivity contribution in [2.24, 2.45) is 5.92 Å². The first-order valence-electron chi connectivity index (χ1n) is 8.14. The van der Waals surface area contributed by atoms with Gasteiger partial charge in [-0.15, -0.1) is 0 Å². The molecule has 0 bridgehead atoms. The first-order chi connectivity index (χ1) is 9.86. The Morgan fingerprint density at radius 1 is 1.09 bits per heavy atom. The molecule has 0 saturated heterocycles. The van der Waals surface area contributed by atoms with Gasteiger partial charge < -0.3 is 20.1 Å². The van der Waals surface area contributed by atoms with E-state index in [4.69, 9.17) is 9.47 Å². The third-order valence-electron chi connectivity index (χ3n) is 3.54. The van der Waals surface area contributed by atoms with Crippen molar-refractivity contribution in [2.45, 2.75) is 85.1 Å². The number of alkyl carbamates (subject to hydrolysis) is 1. The lowest BCUT2D eigenvalue weighted by molar-refractivity contribution is 0.00813. The number of nitrogens with one attached hydrogen (secondary N) is 2. The van der Waals surface area contributed by atoms with Crippen molar-refractivity contribution in [1.29, 1.82) is 0 Å². The summed E-state index contributed by atoms with van der Waals surface area (Å²) < 4.78 is 10.8. The average Bonchev–Trinajstić information content (AvgIpc) is 2.31. The predicted octanol–water partition coefficient (Wildman–Crippen LogP) is 3.33. The van der Waals surface area contributed by atoms with Crippen LogP contribution < -0.4 is 10.6 Å². The molecule has 0 aromatic rings. The Kier molecular flexibility index (Phi) is 8.40. The number of ether oxygens (including phenoxy) is 2. The molecular weight excluding hydrogens is 280 g/mol. The highest BCUT2D eigenvalue weighted by atomic mass is 16.6. The summed E-state index contributed by atoms with van der Waals surface area (Å²) in [7, 11) is 1.73. The maximum absolute atomic E-state index is 11.9. The maximum Gasteiger partial charge on any atom is 0.407 e. The van der Waals surface area contributed by atoms with Crippen LogP contribution in [0.4, 0.5) is 4.79 Å². The summed E-state index contributed by atoms with van der Waals surface area (Å²) in [6.45, 7) is 16.8. The van der Waals surface area contributed by atoms with Crippen molar-refractivity contribution in [2.75, 3.05) is 13.7 Å². The van der Waals surface area contributed by atoms with Crippen LogP contribution in [0.3, 0.4) is 0 Å². The van der Waals surface area contributed by atoms with E-state index in [0.29, 0.717) is 18.5 Å². The molecule has 0 radical (unpaired) electrons. The van der Waals surface area contributed by atoms with Crippen molar-refractivity contribution >= 4 is 6.09 Å². The number of methoxy groups -OCH3 is 1. The Balaban J connectivity index is 4.39. The molecule has 0 aliphatic rings. The van der Waals surface area contributed by atoms with Gasteiger partial charge in [-0.1, -0.05) is 13.8 Å². The first kappa shape index (κ1) is 21.2. The number of carbonyl (C=O) groups excluding carboxylic acids is 1. The normalized spacial score (nSPS) is 15.5. The van der Waals surface area contributed by atoms with E-state index in [2.05, 4.69) is 45.3 Å². The second-order valence-electron chi connectivity index (χ2n) is 7.97. The van der Waals surface area contributed by atoms with Crippen molar-refractivity contribution in [3.8, 4) is 0 Å². The van der Waals surface area contributed by atoms with Gasteiger partial charge in [0.25, 0.3) is 0 Å². The Hall–Kier alpha value is -0.810. The summed E-state index contributed by atoms with van der Waals surface area (Å²) in [5, 5.41) is 6.42. The van der Waals surface area contributed by atoms with Gasteiger partial charge in [-0.05, 0) is 53.9 Å². The minimum Gasteiger partial charge on any atom is -0.444 e. The van der Waals surface area contributed by atoms with E-state index < -0.39 is 5.60 Å². The topological polar surface area (TPSA) is 59.6 Å². The van der Waals surface area contributed by atoms with Crippen molar-refractivity contribution in [3.63, 3.8) is 0 Å². The minimum absolute atomic E-state index is 0.0305. The predicted molar refractivity (Wildman–Crippen MR) is 91.2 cm³/mol. The van der Waals surface area contributed by atoms with Gasteiger partial charge in [-0.25, -0.2) is 4.79 Å². The minimum atomic E-state index is -0.477. The van der Waals surface area contributed by atoms with Crippen LogP contribution in [0.1, 0.15) is 61.8 Å². The zero-order valence-corrected chi connectivity index (χ0v) is 15.9. The molecule has 0 aromatic heterocycles. The summed E-state index contributed by atoms with van der Waals surface area (Å²) in [5.74, 6) is 0.322. The zero-order valence-electron chi connectivity index (χ0n) is 15.9. The fourth-order valence-electron chi connectivity index (χ4n) is 2.13. The molecule has 0 rings (SSSR count). The Morgan fingerprint density at radius 2 is 1.64 bits per heavy atom. The molecule has 2 unspecified atom stereocenters. The molecule has 0 aliphatic heterocycles. The fourth-order valence-corrected chi connectivity index (χ4v) is 2.13. The molecular formula is C17H36N2O3. The molecule has 0 aliphatic carbocycles. The van der Waals surface area contributed by atoms with Crippen molar-refractivity contribution in [3.05, 3.63) is 0 Å². The number of hydrogen-bond acceptors (Lipinski definition) is 4. The highest BCUT2D eigenvalue weighted by molar-refractivity contribution is 5.68. The number of hydrogen-bond donors (Lipinski definition) is 2. The first-order valence-corrected chi connectivity index (χ1v) is 8.14. The second-order valence-corrected chi connectivity index (χ2v) is 7.97. The number of amides is 1. The third kappa shape index (κ3) is 10.0. The monoisotopic (exact) mass is 316 g/mol. The molecule has 5 nitrogen and oxygen atoms in total. The van der Waals surface area contributed by atoms with Gasteiger partial charge >= 0.3 is 6.09 Å².